The molecule has 8 heterocycles. The largest absolute Gasteiger partial charge is 0.453 e. The predicted molar refractivity (Wildman–Crippen MR) is 491 cm³/mol. The number of carbonyl (C=O) groups is 3. The predicted octanol–water partition coefficient (Wildman–Crippen LogP) is 26.3. The van der Waals surface area contributed by atoms with Crippen molar-refractivity contribution in [1.29, 1.82) is 0 Å². The minimum absolute atomic E-state index is 0. The van der Waals surface area contributed by atoms with E-state index in [1.54, 1.807) is 93.4 Å². The van der Waals surface area contributed by atoms with Gasteiger partial charge in [0.25, 0.3) is 5.78 Å². The van der Waals surface area contributed by atoms with E-state index in [0.717, 1.165) is 104 Å². The van der Waals surface area contributed by atoms with Gasteiger partial charge in [0.2, 0.25) is 0 Å². The molecule has 18 aromatic rings. The molecule has 0 saturated heterocycles. The van der Waals surface area contributed by atoms with Gasteiger partial charge >= 0.3 is 6.18 Å². The summed E-state index contributed by atoms with van der Waals surface area (Å²) in [6, 6.07) is 103. The second-order valence-corrected chi connectivity index (χ2v) is 29.0. The third-order valence-electron chi connectivity index (χ3n) is 18.9. The van der Waals surface area contributed by atoms with Crippen molar-refractivity contribution in [3.8, 4) is 90.1 Å². The Morgan fingerprint density at radius 1 is 0.281 bits per heavy atom. The van der Waals surface area contributed by atoms with E-state index in [0.29, 0.717) is 29.1 Å². The monoisotopic (exact) mass is 2590 g/mol. The van der Waals surface area contributed by atoms with Crippen LogP contribution < -0.4 is 4.90 Å². The number of rotatable bonds is 14. The van der Waals surface area contributed by atoms with E-state index in [1.165, 1.54) is 30.7 Å². The number of anilines is 1. The van der Waals surface area contributed by atoms with Crippen LogP contribution in [0, 0.1) is 134 Å². The fraction of sp³-hybridized carbons (Fsp3) is 0.0636. The van der Waals surface area contributed by atoms with E-state index in [4.69, 9.17) is 0 Å². The first kappa shape index (κ1) is 112. The molecular weight excluding hydrogens is 2510 g/mol. The Morgan fingerprint density at radius 3 is 0.942 bits per heavy atom. The number of nitrogens with zero attached hydrogens (tertiary/aromatic N) is 9. The molecule has 12 nitrogen and oxygen atoms in total. The Balaban J connectivity index is 0.000000219. The number of carbonyl (C=O) groups excluding carboxylic acids is 3. The Labute approximate surface area is 848 Å². The van der Waals surface area contributed by atoms with Crippen LogP contribution in [0.3, 0.4) is 0 Å². The average molecular weight is 2590 g/mol. The van der Waals surface area contributed by atoms with Gasteiger partial charge in [-0.05, 0) is 140 Å². The first-order valence-electron chi connectivity index (χ1n) is 40.7. The van der Waals surface area contributed by atoms with Crippen molar-refractivity contribution < 1.29 is 152 Å². The number of Topliss-reactive ketones (excluding diaryl/α,β-unsaturated/α-hetero) is 1. The molecule has 0 saturated carbocycles. The molecule has 0 aliphatic carbocycles. The van der Waals surface area contributed by atoms with E-state index < -0.39 is 110 Å². The van der Waals surface area contributed by atoms with Crippen LogP contribution >= 0.6 is 0 Å². The minimum Gasteiger partial charge on any atom is -0.378 e. The Bertz CT molecular complexity index is 6570. The maximum Gasteiger partial charge on any atom is 0.453 e. The van der Waals surface area contributed by atoms with Gasteiger partial charge in [-0.15, -0.1) is 192 Å². The molecule has 0 atom stereocenters. The maximum absolute atomic E-state index is 14.9. The van der Waals surface area contributed by atoms with Crippen LogP contribution in [0.4, 0.5) is 62.8 Å². The van der Waals surface area contributed by atoms with Crippen LogP contribution in [0.2, 0.25) is 0 Å². The topological polar surface area (TPSA) is 158 Å². The standard InChI is InChI=1S/C20H14F2NO.C19H10F4NO.C14H7F5NO.C13H11F2N2.4C11H8N.4Ir/c1-12-4-3-5-14(10-12)20(24)18-16(21)7-6-15(19(18)22)17-11-13(2)8-9-23-17;1-10-6-7-24-16(8-10)13-4-5-14(21)17(18(13)23)19(25)12-3-2-11(20)9-15(12)22;1-7-4-5-20-10(6-7)8-2-3-9(15)11(12(8)16)13(21)14(17,18)19;1-17(2)10-5-6-16-13(8-10)11-4-3-9(14)7-12(11)15;4*1-2-6-10(7-3-1)11-8-4-5-9-12-11;;;;/h3-5,7-11H,1-2H3;2-3,5-9H,1H3;3-6H,1H3;3,5-8H,1-2H3;4*1-6,8-9H;;;;/q8*-1;;;;. The molecule has 10 aromatic carbocycles. The van der Waals surface area contributed by atoms with Crippen molar-refractivity contribution in [1.82, 2.24) is 39.9 Å². The van der Waals surface area contributed by atoms with Crippen molar-refractivity contribution in [2.75, 3.05) is 19.0 Å². The van der Waals surface area contributed by atoms with Crippen molar-refractivity contribution in [2.45, 2.75) is 33.9 Å². The summed E-state index contributed by atoms with van der Waals surface area (Å²) in [7, 11) is 3.76. The molecular formula is C110H74F13Ir4N9O3-8. The molecule has 139 heavy (non-hydrogen) atoms. The van der Waals surface area contributed by atoms with Gasteiger partial charge in [0.05, 0.1) is 40.5 Å². The van der Waals surface area contributed by atoms with Crippen molar-refractivity contribution >= 4 is 23.0 Å². The molecule has 18 rings (SSSR count). The van der Waals surface area contributed by atoms with Crippen LogP contribution in [0.25, 0.3) is 90.1 Å². The summed E-state index contributed by atoms with van der Waals surface area (Å²) in [5.41, 5.74) is 8.85. The molecule has 0 unspecified atom stereocenters. The van der Waals surface area contributed by atoms with E-state index in [-0.39, 0.29) is 114 Å². The van der Waals surface area contributed by atoms with E-state index in [9.17, 15) is 71.5 Å². The number of pyridine rings is 8. The van der Waals surface area contributed by atoms with Gasteiger partial charge in [-0.25, -0.2) is 8.78 Å². The zero-order chi connectivity index (χ0) is 96.5. The molecule has 0 amide bonds. The maximum atomic E-state index is 14.9. The number of aryl methyl sites for hydroxylation is 4. The fourth-order valence-corrected chi connectivity index (χ4v) is 12.4. The zero-order valence-electron chi connectivity index (χ0n) is 73.8. The second-order valence-electron chi connectivity index (χ2n) is 29.0. The summed E-state index contributed by atoms with van der Waals surface area (Å²) in [6.45, 7) is 7.07. The van der Waals surface area contributed by atoms with Gasteiger partial charge < -0.3 is 44.8 Å². The van der Waals surface area contributed by atoms with Crippen LogP contribution in [0.15, 0.2) is 341 Å². The number of aromatic nitrogens is 8. The quantitative estimate of drug-likeness (QED) is 0.0577. The molecule has 712 valence electrons. The first-order chi connectivity index (χ1) is 65.0. The molecule has 0 aliphatic rings. The van der Waals surface area contributed by atoms with E-state index >= 15 is 0 Å². The van der Waals surface area contributed by atoms with Crippen LogP contribution in [0.5, 0.6) is 0 Å². The number of benzene rings is 10. The molecule has 0 bridgehead atoms. The van der Waals surface area contributed by atoms with Gasteiger partial charge in [0.15, 0.2) is 11.6 Å². The molecule has 0 fully saturated rings. The summed E-state index contributed by atoms with van der Waals surface area (Å²) in [4.78, 5) is 70.7. The normalized spacial score (nSPS) is 10.1. The number of hydrogen-bond acceptors (Lipinski definition) is 12. The summed E-state index contributed by atoms with van der Waals surface area (Å²) in [5, 5.41) is 0. The van der Waals surface area contributed by atoms with Gasteiger partial charge in [-0.3, -0.25) is 49.5 Å². The van der Waals surface area contributed by atoms with Crippen LogP contribution in [0.1, 0.15) is 64.5 Å². The summed E-state index contributed by atoms with van der Waals surface area (Å²) >= 11 is 0. The minimum atomic E-state index is -5.37. The molecule has 4 radical (unpaired) electrons. The third-order valence-corrected chi connectivity index (χ3v) is 18.9. The van der Waals surface area contributed by atoms with Crippen LogP contribution in [-0.2, 0) is 80.4 Å². The smallest absolute Gasteiger partial charge is 0.378 e. The number of halogens is 13. The summed E-state index contributed by atoms with van der Waals surface area (Å²) < 4.78 is 176. The van der Waals surface area contributed by atoms with E-state index in [1.807, 2.05) is 215 Å². The second kappa shape index (κ2) is 55.3. The Morgan fingerprint density at radius 2 is 0.612 bits per heavy atom. The third kappa shape index (κ3) is 32.3. The average Bonchev–Trinajstić information content (AvgIpc) is 0.791. The van der Waals surface area contributed by atoms with Crippen molar-refractivity contribution in [3.05, 3.63) is 498 Å². The fourth-order valence-electron chi connectivity index (χ4n) is 12.4. The SMILES string of the molecule is CN(C)c1ccnc(-c2[c-]cc(F)cc2F)c1.Cc1cccc(C(=O)c2c(F)c[c-]c(-c3cc(C)ccn3)c2F)c1.Cc1ccnc(-c2[c-]cc(F)c(C(=O)C(F)(F)F)c2F)c1.Cc1ccnc(-c2[c-]cc(F)c(C(=O)c3ccc(F)cc3F)c2F)c1.[Ir].[Ir].[Ir].[Ir].[c-]1ccccc1-c1ccccn1.[c-]1ccccc1-c1ccccn1.[c-]1ccccc1-c1ccccn1.[c-]1ccccc1-c1ccccn1. The number of alkyl halides is 3. The van der Waals surface area contributed by atoms with Crippen molar-refractivity contribution in [2.24, 2.45) is 0 Å². The van der Waals surface area contributed by atoms with Crippen molar-refractivity contribution in [3.63, 3.8) is 0 Å². The summed E-state index contributed by atoms with van der Waals surface area (Å²) in [6.07, 6.45) is 7.64. The Kier molecular flexibility index (Phi) is 44.5. The van der Waals surface area contributed by atoms with Gasteiger partial charge in [0, 0.05) is 190 Å². The zero-order valence-corrected chi connectivity index (χ0v) is 83.4. The van der Waals surface area contributed by atoms with E-state index in [2.05, 4.69) is 88.4 Å². The molecule has 29 heteroatoms. The number of ketones is 3. The van der Waals surface area contributed by atoms with Gasteiger partial charge in [-0.2, -0.15) is 13.2 Å². The molecule has 0 spiro atoms. The Hall–Kier alpha value is -14.1. The first-order valence-corrected chi connectivity index (χ1v) is 40.7. The number of hydrogen-bond donors (Lipinski definition) is 0. The van der Waals surface area contributed by atoms with Gasteiger partial charge in [0.1, 0.15) is 11.6 Å². The summed E-state index contributed by atoms with van der Waals surface area (Å²) in [5.74, 6) is -15.4. The van der Waals surface area contributed by atoms with Gasteiger partial charge in [-0.1, -0.05) is 142 Å². The molecule has 0 N–H and O–H groups in total. The molecule has 0 aliphatic heterocycles. The molecule has 8 aromatic heterocycles. The van der Waals surface area contributed by atoms with Crippen LogP contribution in [-0.4, -0.2) is 77.5 Å².